The quantitative estimate of drug-likeness (QED) is 0.812. The number of thiazole rings is 1. The Morgan fingerprint density at radius 2 is 2.46 bits per heavy atom. The molecule has 0 aromatic carbocycles. The molecule has 0 aliphatic heterocycles. The molecule has 2 rings (SSSR count). The van der Waals surface area contributed by atoms with Crippen molar-refractivity contribution in [3.05, 3.63) is 21.7 Å². The van der Waals surface area contributed by atoms with Crippen molar-refractivity contribution >= 4 is 28.8 Å². The summed E-state index contributed by atoms with van der Waals surface area (Å²) in [5, 5.41) is 7.97. The van der Waals surface area contributed by atoms with E-state index in [0.717, 1.165) is 4.88 Å². The van der Waals surface area contributed by atoms with E-state index in [1.54, 1.807) is 16.4 Å². The molecule has 0 amide bonds. The second-order valence-corrected chi connectivity index (χ2v) is 3.70. The van der Waals surface area contributed by atoms with Gasteiger partial charge >= 0.3 is 0 Å². The van der Waals surface area contributed by atoms with Crippen molar-refractivity contribution in [3.63, 3.8) is 0 Å². The van der Waals surface area contributed by atoms with Crippen molar-refractivity contribution in [1.29, 1.82) is 0 Å². The average molecular weight is 216 g/mol. The first-order valence-corrected chi connectivity index (χ1v) is 4.75. The highest BCUT2D eigenvalue weighted by Gasteiger charge is 2.05. The van der Waals surface area contributed by atoms with Gasteiger partial charge in [0.05, 0.1) is 23.1 Å². The average Bonchev–Trinajstić information content (AvgIpc) is 2.64. The minimum absolute atomic E-state index is 0.403. The Balaban J connectivity index is 2.19. The number of nitrogens with two attached hydrogens (primary N) is 1. The molecular formula is C6H6ClN5S. The van der Waals surface area contributed by atoms with Crippen molar-refractivity contribution in [3.8, 4) is 0 Å². The molecule has 2 heterocycles. The fourth-order valence-corrected chi connectivity index (χ4v) is 1.84. The lowest BCUT2D eigenvalue weighted by Crippen LogP contribution is -1.98. The van der Waals surface area contributed by atoms with Crippen LogP contribution in [-0.4, -0.2) is 20.0 Å². The first kappa shape index (κ1) is 8.46. The minimum Gasteiger partial charge on any atom is -0.381 e. The van der Waals surface area contributed by atoms with E-state index in [1.807, 2.05) is 0 Å². The number of nitrogens with zero attached hydrogens (tertiary/aromatic N) is 4. The van der Waals surface area contributed by atoms with Crippen LogP contribution >= 0.6 is 22.9 Å². The Morgan fingerprint density at radius 3 is 3.00 bits per heavy atom. The Morgan fingerprint density at radius 1 is 1.62 bits per heavy atom. The monoisotopic (exact) mass is 215 g/mol. The summed E-state index contributed by atoms with van der Waals surface area (Å²) in [5.41, 5.74) is 7.10. The highest BCUT2D eigenvalue weighted by molar-refractivity contribution is 7.10. The van der Waals surface area contributed by atoms with Crippen LogP contribution in [0.4, 0.5) is 5.82 Å². The van der Waals surface area contributed by atoms with Gasteiger partial charge in [-0.3, -0.25) is 0 Å². The van der Waals surface area contributed by atoms with Crippen molar-refractivity contribution in [2.75, 3.05) is 5.73 Å². The topological polar surface area (TPSA) is 69.6 Å². The molecule has 0 fully saturated rings. The number of halogens is 1. The molecule has 2 aromatic heterocycles. The van der Waals surface area contributed by atoms with Gasteiger partial charge in [0, 0.05) is 0 Å². The fourth-order valence-electron chi connectivity index (χ4n) is 0.897. The molecule has 2 N–H and O–H groups in total. The van der Waals surface area contributed by atoms with Gasteiger partial charge in [-0.25, -0.2) is 9.67 Å². The van der Waals surface area contributed by atoms with E-state index in [2.05, 4.69) is 15.3 Å². The molecule has 0 unspecified atom stereocenters. The van der Waals surface area contributed by atoms with Gasteiger partial charge in [0.15, 0.2) is 5.82 Å². The molecule has 0 radical (unpaired) electrons. The third-order valence-corrected chi connectivity index (χ3v) is 2.71. The van der Waals surface area contributed by atoms with Crippen molar-refractivity contribution in [2.24, 2.45) is 0 Å². The van der Waals surface area contributed by atoms with Crippen molar-refractivity contribution < 1.29 is 0 Å². The largest absolute Gasteiger partial charge is 0.381 e. The summed E-state index contributed by atoms with van der Waals surface area (Å²) in [6, 6.07) is 0. The Bertz CT molecular complexity index is 409. The van der Waals surface area contributed by atoms with Crippen LogP contribution in [0.5, 0.6) is 0 Å². The van der Waals surface area contributed by atoms with Gasteiger partial charge in [-0.2, -0.15) is 0 Å². The van der Waals surface area contributed by atoms with Gasteiger partial charge in [-0.1, -0.05) is 16.8 Å². The number of aromatic nitrogens is 4. The second kappa shape index (κ2) is 3.31. The van der Waals surface area contributed by atoms with Crippen LogP contribution < -0.4 is 5.73 Å². The standard InChI is InChI=1S/C6H6ClN5S/c7-6-4(13-3-9-6)1-12-2-5(8)10-11-12/h2-3H,1,8H2. The molecule has 5 nitrogen and oxygen atoms in total. The van der Waals surface area contributed by atoms with E-state index < -0.39 is 0 Å². The van der Waals surface area contributed by atoms with E-state index in [0.29, 0.717) is 17.5 Å². The summed E-state index contributed by atoms with van der Waals surface area (Å²) in [6.45, 7) is 0.563. The normalized spacial score (nSPS) is 10.5. The van der Waals surface area contributed by atoms with Crippen LogP contribution in [-0.2, 0) is 6.54 Å². The number of rotatable bonds is 2. The van der Waals surface area contributed by atoms with Crippen LogP contribution in [0.2, 0.25) is 5.15 Å². The van der Waals surface area contributed by atoms with Crippen LogP contribution in [0.25, 0.3) is 0 Å². The SMILES string of the molecule is Nc1cn(Cc2scnc2Cl)nn1. The van der Waals surface area contributed by atoms with Gasteiger partial charge in [-0.15, -0.1) is 16.4 Å². The van der Waals surface area contributed by atoms with Crippen LogP contribution in [0, 0.1) is 0 Å². The van der Waals surface area contributed by atoms with E-state index in [4.69, 9.17) is 17.3 Å². The lowest BCUT2D eigenvalue weighted by Gasteiger charge is -1.95. The molecule has 0 bridgehead atoms. The lowest BCUT2D eigenvalue weighted by molar-refractivity contribution is 0.655. The third kappa shape index (κ3) is 1.78. The number of nitrogen functional groups attached to an aromatic ring is 1. The van der Waals surface area contributed by atoms with E-state index in [9.17, 15) is 0 Å². The van der Waals surface area contributed by atoms with Gasteiger partial charge in [0.25, 0.3) is 0 Å². The first-order chi connectivity index (χ1) is 6.25. The second-order valence-electron chi connectivity index (χ2n) is 2.41. The van der Waals surface area contributed by atoms with Gasteiger partial charge in [-0.05, 0) is 0 Å². The van der Waals surface area contributed by atoms with Crippen molar-refractivity contribution in [1.82, 2.24) is 20.0 Å². The predicted molar refractivity (Wildman–Crippen MR) is 50.7 cm³/mol. The smallest absolute Gasteiger partial charge is 0.165 e. The molecule has 0 aliphatic rings. The van der Waals surface area contributed by atoms with Gasteiger partial charge in [0.1, 0.15) is 5.15 Å². The minimum atomic E-state index is 0.403. The van der Waals surface area contributed by atoms with E-state index >= 15 is 0 Å². The molecule has 13 heavy (non-hydrogen) atoms. The molecule has 0 spiro atoms. The molecule has 2 aromatic rings. The number of hydrogen-bond donors (Lipinski definition) is 1. The summed E-state index contributed by atoms with van der Waals surface area (Å²) in [5.74, 6) is 0.403. The summed E-state index contributed by atoms with van der Waals surface area (Å²) >= 11 is 7.28. The zero-order valence-electron chi connectivity index (χ0n) is 6.51. The molecule has 7 heteroatoms. The molecule has 0 atom stereocenters. The van der Waals surface area contributed by atoms with Gasteiger partial charge in [0.2, 0.25) is 0 Å². The van der Waals surface area contributed by atoms with Crippen LogP contribution in [0.1, 0.15) is 4.88 Å². The zero-order chi connectivity index (χ0) is 9.26. The summed E-state index contributed by atoms with van der Waals surface area (Å²) in [7, 11) is 0. The molecule has 0 saturated heterocycles. The van der Waals surface area contributed by atoms with Crippen LogP contribution in [0.3, 0.4) is 0 Å². The van der Waals surface area contributed by atoms with Gasteiger partial charge < -0.3 is 5.73 Å². The Labute approximate surface area is 83.2 Å². The molecule has 68 valence electrons. The fraction of sp³-hybridized carbons (Fsp3) is 0.167. The Hall–Kier alpha value is -1.14. The highest BCUT2D eigenvalue weighted by Crippen LogP contribution is 2.19. The summed E-state index contributed by atoms with van der Waals surface area (Å²) in [4.78, 5) is 4.86. The molecule has 0 saturated carbocycles. The summed E-state index contributed by atoms with van der Waals surface area (Å²) < 4.78 is 1.62. The highest BCUT2D eigenvalue weighted by atomic mass is 35.5. The predicted octanol–water partition coefficient (Wildman–Crippen LogP) is 1.02. The van der Waals surface area contributed by atoms with Crippen LogP contribution in [0.15, 0.2) is 11.7 Å². The maximum absolute atomic E-state index is 5.80. The van der Waals surface area contributed by atoms with Crippen molar-refractivity contribution in [2.45, 2.75) is 6.54 Å². The lowest BCUT2D eigenvalue weighted by atomic mass is 10.5. The summed E-state index contributed by atoms with van der Waals surface area (Å²) in [6.07, 6.45) is 1.65. The molecule has 0 aliphatic carbocycles. The molecular weight excluding hydrogens is 210 g/mol. The number of anilines is 1. The number of hydrogen-bond acceptors (Lipinski definition) is 5. The first-order valence-electron chi connectivity index (χ1n) is 3.49. The zero-order valence-corrected chi connectivity index (χ0v) is 8.09. The van der Waals surface area contributed by atoms with E-state index in [1.165, 1.54) is 11.3 Å². The maximum Gasteiger partial charge on any atom is 0.165 e. The Kier molecular flexibility index (Phi) is 2.15. The maximum atomic E-state index is 5.80. The third-order valence-electron chi connectivity index (χ3n) is 1.45. The van der Waals surface area contributed by atoms with E-state index in [-0.39, 0.29) is 0 Å².